The van der Waals surface area contributed by atoms with Gasteiger partial charge in [-0.15, -0.1) is 11.3 Å². The number of amides is 1. The zero-order chi connectivity index (χ0) is 22.1. The number of carbonyl (C=O) groups excluding carboxylic acids is 1. The van der Waals surface area contributed by atoms with Crippen LogP contribution < -0.4 is 11.1 Å². The van der Waals surface area contributed by atoms with Crippen molar-refractivity contribution in [3.05, 3.63) is 68.4 Å². The highest BCUT2D eigenvalue weighted by Gasteiger charge is 2.32. The number of carbonyl (C=O) groups is 1. The zero-order valence-corrected chi connectivity index (χ0v) is 19.1. The maximum Gasteiger partial charge on any atom is 0.261 e. The van der Waals surface area contributed by atoms with Crippen LogP contribution in [0.25, 0.3) is 10.6 Å². The van der Waals surface area contributed by atoms with Crippen LogP contribution in [-0.4, -0.2) is 33.6 Å². The zero-order valence-electron chi connectivity index (χ0n) is 16.8. The van der Waals surface area contributed by atoms with Crippen molar-refractivity contribution in [1.29, 1.82) is 0 Å². The first-order valence-electron chi connectivity index (χ1n) is 9.95. The molecule has 1 aliphatic carbocycles. The smallest absolute Gasteiger partial charge is 0.261 e. The molecular formula is C22H22Cl2N4O2S. The van der Waals surface area contributed by atoms with E-state index >= 15 is 0 Å². The molecule has 6 nitrogen and oxygen atoms in total. The Morgan fingerprint density at radius 3 is 2.87 bits per heavy atom. The van der Waals surface area contributed by atoms with Gasteiger partial charge >= 0.3 is 0 Å². The molecule has 2 aromatic heterocycles. The molecule has 4 rings (SSSR count). The van der Waals surface area contributed by atoms with Gasteiger partial charge in [0, 0.05) is 28.2 Å². The van der Waals surface area contributed by atoms with Crippen molar-refractivity contribution >= 4 is 40.4 Å². The summed E-state index contributed by atoms with van der Waals surface area (Å²) in [6.07, 6.45) is 2.03. The molecule has 0 bridgehead atoms. The first kappa shape index (κ1) is 22.2. The van der Waals surface area contributed by atoms with Gasteiger partial charge in [0.05, 0.1) is 27.2 Å². The standard InChI is InChI=1S/C22H22Cl2N4O2S/c1-11-6-16(29)20-19(11)21(27-10-26-20)17-4-5-18(31-17)22(30)28-14(9-25)7-12-2-3-13(23)8-15(12)24/h2-5,8,10-11,14,16,29H,6-7,9,25H2,1H3,(H,28,30)/t11-,14?,16-/m1/s1. The molecule has 31 heavy (non-hydrogen) atoms. The van der Waals surface area contributed by atoms with E-state index in [0.29, 0.717) is 33.5 Å². The molecule has 0 fully saturated rings. The second kappa shape index (κ2) is 9.22. The van der Waals surface area contributed by atoms with Crippen molar-refractivity contribution in [1.82, 2.24) is 15.3 Å². The highest BCUT2D eigenvalue weighted by Crippen LogP contribution is 2.44. The van der Waals surface area contributed by atoms with Gasteiger partial charge in [-0.25, -0.2) is 9.97 Å². The molecule has 0 radical (unpaired) electrons. The average Bonchev–Trinajstić information content (AvgIpc) is 3.34. The summed E-state index contributed by atoms with van der Waals surface area (Å²) in [5.41, 5.74) is 9.18. The summed E-state index contributed by atoms with van der Waals surface area (Å²) >= 11 is 13.6. The average molecular weight is 477 g/mol. The molecule has 9 heteroatoms. The fourth-order valence-electron chi connectivity index (χ4n) is 3.91. The Balaban J connectivity index is 1.51. The normalized spacial score (nSPS) is 18.6. The van der Waals surface area contributed by atoms with Gasteiger partial charge < -0.3 is 16.2 Å². The number of thiophene rings is 1. The van der Waals surface area contributed by atoms with E-state index in [1.165, 1.54) is 17.7 Å². The fraction of sp³-hybridized carbons (Fsp3) is 0.318. The van der Waals surface area contributed by atoms with Crippen molar-refractivity contribution in [3.63, 3.8) is 0 Å². The Bertz CT molecular complexity index is 1120. The third-order valence-corrected chi connectivity index (χ3v) is 7.14. The molecule has 0 aliphatic heterocycles. The van der Waals surface area contributed by atoms with E-state index in [9.17, 15) is 9.90 Å². The van der Waals surface area contributed by atoms with Crippen LogP contribution in [0.2, 0.25) is 10.0 Å². The summed E-state index contributed by atoms with van der Waals surface area (Å²) in [6, 6.07) is 8.68. The van der Waals surface area contributed by atoms with Gasteiger partial charge in [0.25, 0.3) is 5.91 Å². The van der Waals surface area contributed by atoms with Crippen LogP contribution in [0, 0.1) is 0 Å². The van der Waals surface area contributed by atoms with Crippen LogP contribution >= 0.6 is 34.5 Å². The van der Waals surface area contributed by atoms with E-state index < -0.39 is 6.10 Å². The topological polar surface area (TPSA) is 101 Å². The molecule has 3 atom stereocenters. The number of hydrogen-bond acceptors (Lipinski definition) is 6. The third kappa shape index (κ3) is 4.61. The second-order valence-electron chi connectivity index (χ2n) is 7.68. The Morgan fingerprint density at radius 2 is 2.13 bits per heavy atom. The van der Waals surface area contributed by atoms with Crippen molar-refractivity contribution in [2.24, 2.45) is 5.73 Å². The van der Waals surface area contributed by atoms with Crippen LogP contribution in [0.3, 0.4) is 0 Å². The highest BCUT2D eigenvalue weighted by molar-refractivity contribution is 7.17. The van der Waals surface area contributed by atoms with Crippen molar-refractivity contribution in [2.45, 2.75) is 37.8 Å². The monoisotopic (exact) mass is 476 g/mol. The molecule has 3 aromatic rings. The number of benzene rings is 1. The van der Waals surface area contributed by atoms with E-state index in [0.717, 1.165) is 21.7 Å². The van der Waals surface area contributed by atoms with Gasteiger partial charge in [-0.1, -0.05) is 36.2 Å². The number of nitrogens with two attached hydrogens (primary N) is 1. The fourth-order valence-corrected chi connectivity index (χ4v) is 5.32. The number of hydrogen-bond donors (Lipinski definition) is 3. The van der Waals surface area contributed by atoms with E-state index in [4.69, 9.17) is 28.9 Å². The molecular weight excluding hydrogens is 455 g/mol. The van der Waals surface area contributed by atoms with Gasteiger partial charge in [-0.3, -0.25) is 4.79 Å². The maximum absolute atomic E-state index is 12.9. The van der Waals surface area contributed by atoms with Crippen LogP contribution in [-0.2, 0) is 6.42 Å². The molecule has 1 amide bonds. The molecule has 4 N–H and O–H groups in total. The van der Waals surface area contributed by atoms with E-state index in [-0.39, 0.29) is 24.4 Å². The van der Waals surface area contributed by atoms with E-state index in [1.54, 1.807) is 18.2 Å². The predicted octanol–water partition coefficient (Wildman–Crippen LogP) is 4.35. The SMILES string of the molecule is C[C@@H]1C[C@@H](O)c2ncnc(-c3ccc(C(=O)NC(CN)Cc4ccc(Cl)cc4Cl)s3)c21. The molecule has 0 saturated heterocycles. The van der Waals surface area contributed by atoms with Crippen LogP contribution in [0.5, 0.6) is 0 Å². The summed E-state index contributed by atoms with van der Waals surface area (Å²) in [7, 11) is 0. The van der Waals surface area contributed by atoms with Crippen molar-refractivity contribution in [3.8, 4) is 10.6 Å². The molecule has 0 saturated carbocycles. The Kier molecular flexibility index (Phi) is 6.60. The first-order valence-corrected chi connectivity index (χ1v) is 11.5. The summed E-state index contributed by atoms with van der Waals surface area (Å²) in [4.78, 5) is 23.0. The van der Waals surface area contributed by atoms with Crippen molar-refractivity contribution in [2.75, 3.05) is 6.54 Å². The number of rotatable bonds is 6. The number of aliphatic hydroxyl groups is 1. The minimum absolute atomic E-state index is 0.159. The lowest BCUT2D eigenvalue weighted by Gasteiger charge is -2.17. The summed E-state index contributed by atoms with van der Waals surface area (Å²) in [5.74, 6) is -0.0399. The maximum atomic E-state index is 12.9. The van der Waals surface area contributed by atoms with Crippen LogP contribution in [0.4, 0.5) is 0 Å². The second-order valence-corrected chi connectivity index (χ2v) is 9.61. The molecule has 1 unspecified atom stereocenters. The number of nitrogens with zero attached hydrogens (tertiary/aromatic N) is 2. The molecule has 0 spiro atoms. The number of halogens is 2. The lowest BCUT2D eigenvalue weighted by Crippen LogP contribution is -2.41. The predicted molar refractivity (Wildman–Crippen MR) is 124 cm³/mol. The van der Waals surface area contributed by atoms with Gasteiger partial charge in [-0.05, 0) is 48.6 Å². The number of nitrogens with one attached hydrogen (secondary N) is 1. The van der Waals surface area contributed by atoms with E-state index in [1.807, 2.05) is 12.1 Å². The lowest BCUT2D eigenvalue weighted by atomic mass is 10.0. The quantitative estimate of drug-likeness (QED) is 0.490. The number of fused-ring (bicyclic) bond motifs is 1. The van der Waals surface area contributed by atoms with E-state index in [2.05, 4.69) is 22.2 Å². The number of aliphatic hydroxyl groups excluding tert-OH is 1. The first-order chi connectivity index (χ1) is 14.9. The summed E-state index contributed by atoms with van der Waals surface area (Å²) in [6.45, 7) is 2.33. The minimum Gasteiger partial charge on any atom is -0.387 e. The summed E-state index contributed by atoms with van der Waals surface area (Å²) in [5, 5.41) is 14.3. The third-order valence-electron chi connectivity index (χ3n) is 5.46. The Morgan fingerprint density at radius 1 is 1.32 bits per heavy atom. The van der Waals surface area contributed by atoms with Crippen LogP contribution in [0.1, 0.15) is 51.9 Å². The largest absolute Gasteiger partial charge is 0.387 e. The Labute approximate surface area is 194 Å². The summed E-state index contributed by atoms with van der Waals surface area (Å²) < 4.78 is 0. The number of aromatic nitrogens is 2. The van der Waals surface area contributed by atoms with Crippen molar-refractivity contribution < 1.29 is 9.90 Å². The molecule has 1 aliphatic rings. The minimum atomic E-state index is -0.570. The van der Waals surface area contributed by atoms with Crippen LogP contribution in [0.15, 0.2) is 36.7 Å². The van der Waals surface area contributed by atoms with Gasteiger partial charge in [0.15, 0.2) is 0 Å². The van der Waals surface area contributed by atoms with Gasteiger partial charge in [-0.2, -0.15) is 0 Å². The molecule has 2 heterocycles. The molecule has 1 aromatic carbocycles. The van der Waals surface area contributed by atoms with Gasteiger partial charge in [0.2, 0.25) is 0 Å². The Hall–Kier alpha value is -2.03. The lowest BCUT2D eigenvalue weighted by molar-refractivity contribution is 0.0942. The van der Waals surface area contributed by atoms with Gasteiger partial charge in [0.1, 0.15) is 6.33 Å². The molecule has 162 valence electrons. The highest BCUT2D eigenvalue weighted by atomic mass is 35.5.